The molecule has 118 valence electrons. The Morgan fingerprint density at radius 2 is 2.27 bits per heavy atom. The number of hydrogen-bond donors (Lipinski definition) is 0. The highest BCUT2D eigenvalue weighted by atomic mass is 32.1. The predicted octanol–water partition coefficient (Wildman–Crippen LogP) is 3.25. The molecular formula is C17H23N3OS. The van der Waals surface area contributed by atoms with Crippen LogP contribution in [0.15, 0.2) is 30.2 Å². The summed E-state index contributed by atoms with van der Waals surface area (Å²) in [6, 6.07) is 4.07. The standard InChI is InChI=1S/C17H23N3OS/c1-5-10-20(12-15-7-6-11-22-15)17(21)9-8-16-13(2)18-19(4)14(16)3/h5-7,11H,1,8-10,12H2,2-4H3. The molecule has 5 heteroatoms. The fraction of sp³-hybridized carbons (Fsp3) is 0.412. The van der Waals surface area contributed by atoms with E-state index in [1.165, 1.54) is 10.4 Å². The van der Waals surface area contributed by atoms with Crippen molar-refractivity contribution in [2.24, 2.45) is 7.05 Å². The first kappa shape index (κ1) is 16.5. The van der Waals surface area contributed by atoms with Gasteiger partial charge in [0.1, 0.15) is 0 Å². The van der Waals surface area contributed by atoms with Gasteiger partial charge in [-0.15, -0.1) is 17.9 Å². The summed E-state index contributed by atoms with van der Waals surface area (Å²) < 4.78 is 1.88. The predicted molar refractivity (Wildman–Crippen MR) is 90.9 cm³/mol. The van der Waals surface area contributed by atoms with E-state index in [1.807, 2.05) is 41.9 Å². The number of rotatable bonds is 7. The molecule has 0 aromatic carbocycles. The van der Waals surface area contributed by atoms with Crippen LogP contribution in [0.4, 0.5) is 0 Å². The van der Waals surface area contributed by atoms with Crippen LogP contribution in [0, 0.1) is 13.8 Å². The van der Waals surface area contributed by atoms with Gasteiger partial charge in [0.15, 0.2) is 0 Å². The summed E-state index contributed by atoms with van der Waals surface area (Å²) in [5, 5.41) is 6.44. The van der Waals surface area contributed by atoms with Crippen molar-refractivity contribution < 1.29 is 4.79 Å². The van der Waals surface area contributed by atoms with E-state index in [1.54, 1.807) is 17.4 Å². The van der Waals surface area contributed by atoms with Crippen molar-refractivity contribution in [2.75, 3.05) is 6.54 Å². The SMILES string of the molecule is C=CCN(Cc1cccs1)C(=O)CCc1c(C)nn(C)c1C. The third-order valence-corrected chi connectivity index (χ3v) is 4.74. The molecule has 0 aliphatic rings. The van der Waals surface area contributed by atoms with Gasteiger partial charge < -0.3 is 4.90 Å². The molecule has 0 aliphatic carbocycles. The zero-order valence-corrected chi connectivity index (χ0v) is 14.3. The number of thiophene rings is 1. The summed E-state index contributed by atoms with van der Waals surface area (Å²) in [4.78, 5) is 15.6. The molecule has 0 bridgehead atoms. The highest BCUT2D eigenvalue weighted by Crippen LogP contribution is 2.16. The molecule has 0 N–H and O–H groups in total. The lowest BCUT2D eigenvalue weighted by molar-refractivity contribution is -0.131. The summed E-state index contributed by atoms with van der Waals surface area (Å²) in [7, 11) is 1.94. The van der Waals surface area contributed by atoms with E-state index in [0.717, 1.165) is 17.8 Å². The molecule has 0 unspecified atom stereocenters. The molecule has 22 heavy (non-hydrogen) atoms. The number of aromatic nitrogens is 2. The maximum atomic E-state index is 12.5. The van der Waals surface area contributed by atoms with E-state index >= 15 is 0 Å². The second kappa shape index (κ2) is 7.40. The van der Waals surface area contributed by atoms with E-state index in [-0.39, 0.29) is 5.91 Å². The van der Waals surface area contributed by atoms with E-state index in [0.29, 0.717) is 19.5 Å². The van der Waals surface area contributed by atoms with Gasteiger partial charge in [-0.1, -0.05) is 12.1 Å². The molecular weight excluding hydrogens is 294 g/mol. The first-order chi connectivity index (χ1) is 10.5. The molecule has 2 rings (SSSR count). The summed E-state index contributed by atoms with van der Waals surface area (Å²) >= 11 is 1.68. The van der Waals surface area contributed by atoms with Gasteiger partial charge in [0.25, 0.3) is 0 Å². The smallest absolute Gasteiger partial charge is 0.223 e. The lowest BCUT2D eigenvalue weighted by Crippen LogP contribution is -2.30. The number of carbonyl (C=O) groups excluding carboxylic acids is 1. The monoisotopic (exact) mass is 317 g/mol. The first-order valence-corrected chi connectivity index (χ1v) is 8.31. The minimum absolute atomic E-state index is 0.163. The van der Waals surface area contributed by atoms with Gasteiger partial charge in [0, 0.05) is 30.6 Å². The number of amides is 1. The third kappa shape index (κ3) is 3.85. The molecule has 2 aromatic heterocycles. The van der Waals surface area contributed by atoms with Crippen molar-refractivity contribution >= 4 is 17.2 Å². The van der Waals surface area contributed by atoms with Crippen molar-refractivity contribution in [3.8, 4) is 0 Å². The Morgan fingerprint density at radius 3 is 2.82 bits per heavy atom. The average molecular weight is 317 g/mol. The highest BCUT2D eigenvalue weighted by Gasteiger charge is 2.16. The van der Waals surface area contributed by atoms with Crippen molar-refractivity contribution in [1.82, 2.24) is 14.7 Å². The number of hydrogen-bond acceptors (Lipinski definition) is 3. The van der Waals surface area contributed by atoms with Crippen LogP contribution in [0.2, 0.25) is 0 Å². The lowest BCUT2D eigenvalue weighted by Gasteiger charge is -2.20. The quantitative estimate of drug-likeness (QED) is 0.735. The van der Waals surface area contributed by atoms with Crippen LogP contribution < -0.4 is 0 Å². The molecule has 1 amide bonds. The molecule has 0 saturated carbocycles. The van der Waals surface area contributed by atoms with Crippen molar-refractivity contribution in [2.45, 2.75) is 33.2 Å². The van der Waals surface area contributed by atoms with E-state index in [9.17, 15) is 4.79 Å². The summed E-state index contributed by atoms with van der Waals surface area (Å²) in [6.07, 6.45) is 3.03. The molecule has 2 heterocycles. The Labute approximate surface area is 136 Å². The van der Waals surface area contributed by atoms with Crippen LogP contribution in [0.1, 0.15) is 28.2 Å². The summed E-state index contributed by atoms with van der Waals surface area (Å²) in [6.45, 7) is 9.05. The van der Waals surface area contributed by atoms with E-state index in [2.05, 4.69) is 17.7 Å². The fourth-order valence-electron chi connectivity index (χ4n) is 2.57. The van der Waals surface area contributed by atoms with E-state index in [4.69, 9.17) is 0 Å². The zero-order chi connectivity index (χ0) is 16.1. The average Bonchev–Trinajstić information content (AvgIpc) is 3.06. The molecule has 2 aromatic rings. The van der Waals surface area contributed by atoms with Crippen LogP contribution in [0.3, 0.4) is 0 Å². The van der Waals surface area contributed by atoms with Crippen molar-refractivity contribution in [1.29, 1.82) is 0 Å². The maximum Gasteiger partial charge on any atom is 0.223 e. The topological polar surface area (TPSA) is 38.1 Å². The maximum absolute atomic E-state index is 12.5. The second-order valence-electron chi connectivity index (χ2n) is 5.42. The van der Waals surface area contributed by atoms with Crippen LogP contribution in [0.25, 0.3) is 0 Å². The number of carbonyl (C=O) groups is 1. The molecule has 0 radical (unpaired) electrons. The third-order valence-electron chi connectivity index (χ3n) is 3.88. The Kier molecular flexibility index (Phi) is 5.55. The van der Waals surface area contributed by atoms with Gasteiger partial charge in [-0.2, -0.15) is 5.10 Å². The fourth-order valence-corrected chi connectivity index (χ4v) is 3.29. The van der Waals surface area contributed by atoms with Gasteiger partial charge >= 0.3 is 0 Å². The Bertz CT molecular complexity index is 643. The largest absolute Gasteiger partial charge is 0.334 e. The van der Waals surface area contributed by atoms with Gasteiger partial charge in [-0.05, 0) is 37.3 Å². The zero-order valence-electron chi connectivity index (χ0n) is 13.5. The summed E-state index contributed by atoms with van der Waals surface area (Å²) in [5.74, 6) is 0.163. The van der Waals surface area contributed by atoms with Crippen molar-refractivity contribution in [3.05, 3.63) is 52.0 Å². The Morgan fingerprint density at radius 1 is 1.50 bits per heavy atom. The van der Waals surface area contributed by atoms with Crippen LogP contribution in [-0.4, -0.2) is 27.1 Å². The number of aryl methyl sites for hydroxylation is 2. The minimum atomic E-state index is 0.163. The minimum Gasteiger partial charge on any atom is -0.334 e. The van der Waals surface area contributed by atoms with Gasteiger partial charge in [-0.3, -0.25) is 9.48 Å². The van der Waals surface area contributed by atoms with Crippen LogP contribution in [0.5, 0.6) is 0 Å². The molecule has 4 nitrogen and oxygen atoms in total. The van der Waals surface area contributed by atoms with Gasteiger partial charge in [0.2, 0.25) is 5.91 Å². The highest BCUT2D eigenvalue weighted by molar-refractivity contribution is 7.09. The molecule has 0 fully saturated rings. The molecule has 0 aliphatic heterocycles. The summed E-state index contributed by atoms with van der Waals surface area (Å²) in [5.41, 5.74) is 3.34. The van der Waals surface area contributed by atoms with Crippen LogP contribution in [-0.2, 0) is 24.8 Å². The molecule has 0 spiro atoms. The van der Waals surface area contributed by atoms with E-state index < -0.39 is 0 Å². The van der Waals surface area contributed by atoms with Crippen molar-refractivity contribution in [3.63, 3.8) is 0 Å². The molecule has 0 saturated heterocycles. The Balaban J connectivity index is 2.00. The second-order valence-corrected chi connectivity index (χ2v) is 6.45. The first-order valence-electron chi connectivity index (χ1n) is 7.43. The number of nitrogens with zero attached hydrogens (tertiary/aromatic N) is 3. The Hall–Kier alpha value is -1.88. The van der Waals surface area contributed by atoms with Crippen LogP contribution >= 0.6 is 11.3 Å². The van der Waals surface area contributed by atoms with Gasteiger partial charge in [-0.25, -0.2) is 0 Å². The molecule has 0 atom stereocenters. The normalized spacial score (nSPS) is 10.7. The lowest BCUT2D eigenvalue weighted by atomic mass is 10.1. The van der Waals surface area contributed by atoms with Gasteiger partial charge in [0.05, 0.1) is 12.2 Å².